The Kier molecular flexibility index (Phi) is 5.96. The number of hydrogen-bond donors (Lipinski definition) is 2. The van der Waals surface area contributed by atoms with E-state index in [-0.39, 0.29) is 18.5 Å². The lowest BCUT2D eigenvalue weighted by molar-refractivity contribution is 0.269. The van der Waals surface area contributed by atoms with E-state index >= 15 is 0 Å². The molecule has 0 radical (unpaired) electrons. The van der Waals surface area contributed by atoms with E-state index in [9.17, 15) is 18.9 Å². The normalized spacial score (nSPS) is 19.2. The number of hydrogen-bond acceptors (Lipinski definition) is 4. The van der Waals surface area contributed by atoms with Crippen molar-refractivity contribution in [2.24, 2.45) is 0 Å². The molecule has 0 bridgehead atoms. The molecule has 15 heavy (non-hydrogen) atoms. The van der Waals surface area contributed by atoms with E-state index < -0.39 is 21.4 Å². The van der Waals surface area contributed by atoms with E-state index in [1.165, 1.54) is 6.92 Å². The third-order valence-electron chi connectivity index (χ3n) is 1.42. The van der Waals surface area contributed by atoms with Gasteiger partial charge in [-0.2, -0.15) is 0 Å². The second-order valence-electron chi connectivity index (χ2n) is 2.72. The van der Waals surface area contributed by atoms with Gasteiger partial charge in [-0.1, -0.05) is 6.58 Å². The minimum atomic E-state index is -4.01. The van der Waals surface area contributed by atoms with Crippen LogP contribution >= 0.6 is 15.2 Å². The first-order valence-electron chi connectivity index (χ1n) is 4.37. The molecule has 0 fully saturated rings. The van der Waals surface area contributed by atoms with Crippen LogP contribution in [-0.4, -0.2) is 29.2 Å². The van der Waals surface area contributed by atoms with E-state index in [2.05, 4.69) is 15.6 Å². The van der Waals surface area contributed by atoms with Gasteiger partial charge in [0.15, 0.2) is 0 Å². The van der Waals surface area contributed by atoms with E-state index in [1.807, 2.05) is 0 Å². The average molecular weight is 258 g/mol. The number of rotatable bonds is 7. The molecule has 2 N–H and O–H groups in total. The van der Waals surface area contributed by atoms with Crippen molar-refractivity contribution >= 4 is 15.2 Å². The minimum Gasteiger partial charge on any atom is -0.324 e. The molecule has 0 heterocycles. The zero-order valence-electron chi connectivity index (χ0n) is 8.75. The highest BCUT2D eigenvalue weighted by molar-refractivity contribution is 7.60. The molecule has 0 aromatic heterocycles. The smallest absolute Gasteiger partial charge is 0.324 e. The molecule has 90 valence electrons. The molecule has 0 saturated carbocycles. The molecule has 8 heteroatoms. The summed E-state index contributed by atoms with van der Waals surface area (Å²) >= 11 is 0. The van der Waals surface area contributed by atoms with Gasteiger partial charge in [0.2, 0.25) is 0 Å². The summed E-state index contributed by atoms with van der Waals surface area (Å²) in [5, 5.41) is -0.316. The van der Waals surface area contributed by atoms with Gasteiger partial charge in [-0.15, -0.1) is 0 Å². The van der Waals surface area contributed by atoms with Gasteiger partial charge in [-0.3, -0.25) is 9.13 Å². The van der Waals surface area contributed by atoms with Gasteiger partial charge >= 0.3 is 15.2 Å². The van der Waals surface area contributed by atoms with Crippen molar-refractivity contribution in [1.29, 1.82) is 0 Å². The average Bonchev–Trinajstić information content (AvgIpc) is 2.02. The first-order valence-corrected chi connectivity index (χ1v) is 7.71. The van der Waals surface area contributed by atoms with Crippen LogP contribution in [0.25, 0.3) is 0 Å². The predicted molar refractivity (Wildman–Crippen MR) is 56.9 cm³/mol. The summed E-state index contributed by atoms with van der Waals surface area (Å²) in [6, 6.07) is 0. The summed E-state index contributed by atoms with van der Waals surface area (Å²) in [5.41, 5.74) is 0. The molecule has 0 aliphatic carbocycles. The first kappa shape index (κ1) is 15.0. The summed E-state index contributed by atoms with van der Waals surface area (Å²) in [4.78, 5) is 18.5. The van der Waals surface area contributed by atoms with Gasteiger partial charge in [0, 0.05) is 5.31 Å². The largest absolute Gasteiger partial charge is 0.354 e. The van der Waals surface area contributed by atoms with Crippen molar-refractivity contribution in [3.05, 3.63) is 11.9 Å². The van der Waals surface area contributed by atoms with Crippen molar-refractivity contribution in [3.63, 3.8) is 0 Å². The molecule has 0 rings (SSSR count). The molecule has 0 saturated heterocycles. The van der Waals surface area contributed by atoms with Gasteiger partial charge in [0.05, 0.1) is 19.4 Å². The standard InChI is InChI=1S/C7H16O6P2/c1-4-12-14(8,9)6-7(3)15(10,11)13-5-2/h3-6H2,1-2H3,(H,8,9)(H,10,11). The molecule has 2 unspecified atom stereocenters. The Morgan fingerprint density at radius 1 is 1.20 bits per heavy atom. The lowest BCUT2D eigenvalue weighted by Gasteiger charge is -2.16. The fourth-order valence-electron chi connectivity index (χ4n) is 0.834. The molecule has 0 aliphatic heterocycles. The van der Waals surface area contributed by atoms with Crippen LogP contribution in [0.1, 0.15) is 13.8 Å². The number of allylic oxidation sites excluding steroid dienone is 1. The fourth-order valence-corrected chi connectivity index (χ4v) is 3.57. The summed E-state index contributed by atoms with van der Waals surface area (Å²) in [6.45, 7) is 6.42. The maximum atomic E-state index is 11.3. The molecule has 0 spiro atoms. The van der Waals surface area contributed by atoms with Crippen molar-refractivity contribution in [1.82, 2.24) is 0 Å². The van der Waals surface area contributed by atoms with E-state index in [1.54, 1.807) is 6.92 Å². The lowest BCUT2D eigenvalue weighted by atomic mass is 10.7. The van der Waals surface area contributed by atoms with Gasteiger partial charge in [0.1, 0.15) is 0 Å². The van der Waals surface area contributed by atoms with Crippen molar-refractivity contribution in [2.75, 3.05) is 19.4 Å². The summed E-state index contributed by atoms with van der Waals surface area (Å²) in [5.74, 6) is 0. The summed E-state index contributed by atoms with van der Waals surface area (Å²) in [6.07, 6.45) is -0.575. The van der Waals surface area contributed by atoms with Gasteiger partial charge in [-0.25, -0.2) is 0 Å². The monoisotopic (exact) mass is 258 g/mol. The van der Waals surface area contributed by atoms with Gasteiger partial charge in [-0.05, 0) is 13.8 Å². The molecule has 0 aliphatic rings. The summed E-state index contributed by atoms with van der Waals surface area (Å²) in [7, 11) is -7.89. The van der Waals surface area contributed by atoms with Crippen molar-refractivity contribution < 1.29 is 28.0 Å². The highest BCUT2D eigenvalue weighted by Gasteiger charge is 2.31. The molecular weight excluding hydrogens is 242 g/mol. The predicted octanol–water partition coefficient (Wildman–Crippen LogP) is 1.94. The molecule has 0 aromatic rings. The third-order valence-corrected chi connectivity index (χ3v) is 4.67. The van der Waals surface area contributed by atoms with Crippen LogP contribution in [0.3, 0.4) is 0 Å². The van der Waals surface area contributed by atoms with Crippen LogP contribution in [0.2, 0.25) is 0 Å². The molecule has 2 atom stereocenters. The van der Waals surface area contributed by atoms with Crippen molar-refractivity contribution in [3.8, 4) is 0 Å². The van der Waals surface area contributed by atoms with Gasteiger partial charge in [0.25, 0.3) is 0 Å². The highest BCUT2D eigenvalue weighted by Crippen LogP contribution is 2.56. The zero-order valence-corrected chi connectivity index (χ0v) is 10.5. The quantitative estimate of drug-likeness (QED) is 0.678. The maximum Gasteiger partial charge on any atom is 0.354 e. The van der Waals surface area contributed by atoms with E-state index in [0.717, 1.165) is 0 Å². The Labute approximate surface area is 89.0 Å². The van der Waals surface area contributed by atoms with Crippen molar-refractivity contribution in [2.45, 2.75) is 13.8 Å². The van der Waals surface area contributed by atoms with Crippen LogP contribution in [0.15, 0.2) is 11.9 Å². The minimum absolute atomic E-state index is 0.0250. The fraction of sp³-hybridized carbons (Fsp3) is 0.714. The van der Waals surface area contributed by atoms with Crippen LogP contribution in [0.5, 0.6) is 0 Å². The zero-order chi connectivity index (χ0) is 12.1. The third kappa shape index (κ3) is 5.61. The maximum absolute atomic E-state index is 11.3. The Bertz CT molecular complexity index is 313. The van der Waals surface area contributed by atoms with Gasteiger partial charge < -0.3 is 18.8 Å². The van der Waals surface area contributed by atoms with Crippen LogP contribution < -0.4 is 0 Å². The van der Waals surface area contributed by atoms with E-state index in [4.69, 9.17) is 0 Å². The molecule has 0 amide bonds. The SMILES string of the molecule is C=C(CP(=O)(O)OCC)P(=O)(O)OCC. The topological polar surface area (TPSA) is 93.1 Å². The Morgan fingerprint density at radius 2 is 1.67 bits per heavy atom. The first-order chi connectivity index (χ1) is 6.75. The Morgan fingerprint density at radius 3 is 2.07 bits per heavy atom. The second kappa shape index (κ2) is 5.94. The second-order valence-corrected chi connectivity index (χ2v) is 6.50. The van der Waals surface area contributed by atoms with Crippen LogP contribution in [-0.2, 0) is 18.2 Å². The molecule has 0 aromatic carbocycles. The molecule has 6 nitrogen and oxygen atoms in total. The Balaban J connectivity index is 4.49. The molecular formula is C7H16O6P2. The highest BCUT2D eigenvalue weighted by atomic mass is 31.2. The Hall–Kier alpha value is 0.0400. The van der Waals surface area contributed by atoms with E-state index in [0.29, 0.717) is 0 Å². The lowest BCUT2D eigenvalue weighted by Crippen LogP contribution is -2.00. The van der Waals surface area contributed by atoms with Crippen LogP contribution in [0.4, 0.5) is 0 Å². The summed E-state index contributed by atoms with van der Waals surface area (Å²) < 4.78 is 31.7. The van der Waals surface area contributed by atoms with Crippen LogP contribution in [0, 0.1) is 0 Å².